The van der Waals surface area contributed by atoms with Gasteiger partial charge in [-0.05, 0) is 29.8 Å². The lowest BCUT2D eigenvalue weighted by molar-refractivity contribution is -0.384. The number of benzene rings is 2. The van der Waals surface area contributed by atoms with Gasteiger partial charge in [0.15, 0.2) is 18.1 Å². The van der Waals surface area contributed by atoms with Crippen LogP contribution in [0.5, 0.6) is 11.5 Å². The average molecular weight is 315 g/mol. The van der Waals surface area contributed by atoms with Crippen LogP contribution < -0.4 is 10.2 Å². The Morgan fingerprint density at radius 1 is 1.26 bits per heavy atom. The summed E-state index contributed by atoms with van der Waals surface area (Å²) in [4.78, 5) is 21.6. The van der Waals surface area contributed by atoms with Gasteiger partial charge in [-0.1, -0.05) is 12.1 Å². The molecule has 0 saturated carbocycles. The number of hydrogen-bond donors (Lipinski definition) is 2. The van der Waals surface area contributed by atoms with Gasteiger partial charge >= 0.3 is 0 Å². The smallest absolute Gasteiger partial charge is 0.277 e. The number of nitro groups is 1. The predicted octanol–water partition coefficient (Wildman–Crippen LogP) is 1.83. The van der Waals surface area contributed by atoms with E-state index in [4.69, 9.17) is 4.74 Å². The molecule has 0 aliphatic rings. The van der Waals surface area contributed by atoms with Crippen LogP contribution in [0.25, 0.3) is 0 Å². The number of hydrazone groups is 1. The maximum absolute atomic E-state index is 11.5. The highest BCUT2D eigenvalue weighted by Gasteiger charge is 2.05. The number of phenols is 1. The number of amides is 1. The Balaban J connectivity index is 1.82. The Labute approximate surface area is 131 Å². The molecule has 0 aliphatic heterocycles. The van der Waals surface area contributed by atoms with Crippen molar-refractivity contribution in [2.45, 2.75) is 0 Å². The average Bonchev–Trinajstić information content (AvgIpc) is 2.54. The molecule has 2 aromatic carbocycles. The van der Waals surface area contributed by atoms with Crippen LogP contribution >= 0.6 is 0 Å². The largest absolute Gasteiger partial charge is 0.504 e. The number of nitro benzene ring substituents is 1. The van der Waals surface area contributed by atoms with Crippen LogP contribution in [-0.4, -0.2) is 28.8 Å². The van der Waals surface area contributed by atoms with E-state index in [-0.39, 0.29) is 23.8 Å². The first kappa shape index (κ1) is 16.0. The van der Waals surface area contributed by atoms with E-state index < -0.39 is 10.8 Å². The van der Waals surface area contributed by atoms with Crippen molar-refractivity contribution in [2.24, 2.45) is 5.10 Å². The van der Waals surface area contributed by atoms with Crippen molar-refractivity contribution in [3.63, 3.8) is 0 Å². The zero-order valence-corrected chi connectivity index (χ0v) is 11.9. The fraction of sp³-hybridized carbons (Fsp3) is 0.0667. The number of nitrogens with one attached hydrogen (secondary N) is 1. The van der Waals surface area contributed by atoms with Crippen LogP contribution in [0.3, 0.4) is 0 Å². The molecule has 23 heavy (non-hydrogen) atoms. The molecule has 8 nitrogen and oxygen atoms in total. The van der Waals surface area contributed by atoms with Crippen molar-refractivity contribution in [1.82, 2.24) is 5.43 Å². The second-order valence-electron chi connectivity index (χ2n) is 4.40. The number of para-hydroxylation sites is 2. The normalized spacial score (nSPS) is 10.4. The molecule has 0 aliphatic carbocycles. The molecule has 0 radical (unpaired) electrons. The number of aromatic hydroxyl groups is 1. The van der Waals surface area contributed by atoms with Crippen LogP contribution in [0.2, 0.25) is 0 Å². The van der Waals surface area contributed by atoms with Gasteiger partial charge in [0.25, 0.3) is 11.6 Å². The van der Waals surface area contributed by atoms with E-state index in [9.17, 15) is 20.0 Å². The molecule has 2 rings (SSSR count). The van der Waals surface area contributed by atoms with E-state index in [2.05, 4.69) is 10.5 Å². The fourth-order valence-electron chi connectivity index (χ4n) is 1.62. The molecule has 118 valence electrons. The van der Waals surface area contributed by atoms with Gasteiger partial charge in [-0.25, -0.2) is 5.43 Å². The Morgan fingerprint density at radius 3 is 2.61 bits per heavy atom. The molecule has 0 atom stereocenters. The molecule has 0 saturated heterocycles. The summed E-state index contributed by atoms with van der Waals surface area (Å²) in [6.07, 6.45) is 1.35. The standard InChI is InChI=1S/C15H13N3O5/c19-13-3-1-2-4-14(13)23-10-15(20)17-16-9-11-5-7-12(8-6-11)18(21)22/h1-9,19H,10H2,(H,17,20). The summed E-state index contributed by atoms with van der Waals surface area (Å²) in [6, 6.07) is 12.0. The third-order valence-electron chi connectivity index (χ3n) is 2.73. The molecule has 0 heterocycles. The minimum Gasteiger partial charge on any atom is -0.504 e. The highest BCUT2D eigenvalue weighted by atomic mass is 16.6. The number of carbonyl (C=O) groups is 1. The minimum atomic E-state index is -0.508. The Kier molecular flexibility index (Phi) is 5.24. The maximum Gasteiger partial charge on any atom is 0.277 e. The molecule has 1 amide bonds. The van der Waals surface area contributed by atoms with Gasteiger partial charge in [-0.3, -0.25) is 14.9 Å². The van der Waals surface area contributed by atoms with Crippen molar-refractivity contribution < 1.29 is 19.6 Å². The zero-order chi connectivity index (χ0) is 16.7. The predicted molar refractivity (Wildman–Crippen MR) is 82.4 cm³/mol. The van der Waals surface area contributed by atoms with E-state index in [1.54, 1.807) is 12.1 Å². The van der Waals surface area contributed by atoms with Gasteiger partial charge in [0.05, 0.1) is 11.1 Å². The first-order chi connectivity index (χ1) is 11.1. The zero-order valence-electron chi connectivity index (χ0n) is 11.9. The topological polar surface area (TPSA) is 114 Å². The summed E-state index contributed by atoms with van der Waals surface area (Å²) in [5.74, 6) is -0.372. The lowest BCUT2D eigenvalue weighted by atomic mass is 10.2. The molecule has 0 unspecified atom stereocenters. The summed E-state index contributed by atoms with van der Waals surface area (Å²) in [7, 11) is 0. The SMILES string of the molecule is O=C(COc1ccccc1O)NN=Cc1ccc([N+](=O)[O-])cc1. The fourth-order valence-corrected chi connectivity index (χ4v) is 1.62. The minimum absolute atomic E-state index is 0.0257. The summed E-state index contributed by atoms with van der Waals surface area (Å²) < 4.78 is 5.13. The van der Waals surface area contributed by atoms with Crippen molar-refractivity contribution in [2.75, 3.05) is 6.61 Å². The molecule has 2 aromatic rings. The van der Waals surface area contributed by atoms with E-state index in [1.807, 2.05) is 0 Å². The lowest BCUT2D eigenvalue weighted by Crippen LogP contribution is -2.24. The van der Waals surface area contributed by atoms with Gasteiger partial charge in [0.1, 0.15) is 0 Å². The maximum atomic E-state index is 11.5. The molecular formula is C15H13N3O5. The Hall–Kier alpha value is -3.42. The lowest BCUT2D eigenvalue weighted by Gasteiger charge is -2.06. The van der Waals surface area contributed by atoms with Crippen molar-refractivity contribution in [3.05, 3.63) is 64.2 Å². The third kappa shape index (κ3) is 4.81. The molecular weight excluding hydrogens is 302 g/mol. The van der Waals surface area contributed by atoms with Gasteiger partial charge in [-0.2, -0.15) is 5.10 Å². The van der Waals surface area contributed by atoms with Crippen molar-refractivity contribution in [1.29, 1.82) is 0 Å². The van der Waals surface area contributed by atoms with E-state index in [1.165, 1.54) is 42.6 Å². The van der Waals surface area contributed by atoms with Crippen LogP contribution in [0.1, 0.15) is 5.56 Å². The molecule has 0 fully saturated rings. The highest BCUT2D eigenvalue weighted by Crippen LogP contribution is 2.23. The van der Waals surface area contributed by atoms with E-state index in [0.29, 0.717) is 5.56 Å². The first-order valence-electron chi connectivity index (χ1n) is 6.53. The van der Waals surface area contributed by atoms with E-state index in [0.717, 1.165) is 0 Å². The second-order valence-corrected chi connectivity index (χ2v) is 4.40. The summed E-state index contributed by atoms with van der Waals surface area (Å²) in [6.45, 7) is -0.310. The number of hydrogen-bond acceptors (Lipinski definition) is 6. The Bertz CT molecular complexity index is 728. The number of rotatable bonds is 6. The summed E-state index contributed by atoms with van der Waals surface area (Å²) in [5, 5.41) is 23.7. The van der Waals surface area contributed by atoms with Crippen LogP contribution in [0.15, 0.2) is 53.6 Å². The number of nitrogens with zero attached hydrogens (tertiary/aromatic N) is 2. The summed E-state index contributed by atoms with van der Waals surface area (Å²) in [5.41, 5.74) is 2.82. The first-order valence-corrected chi connectivity index (χ1v) is 6.53. The third-order valence-corrected chi connectivity index (χ3v) is 2.73. The van der Waals surface area contributed by atoms with Gasteiger partial charge in [0.2, 0.25) is 0 Å². The number of ether oxygens (including phenoxy) is 1. The molecule has 2 N–H and O–H groups in total. The second kappa shape index (κ2) is 7.55. The molecule has 0 aromatic heterocycles. The quantitative estimate of drug-likeness (QED) is 0.479. The molecule has 8 heteroatoms. The van der Waals surface area contributed by atoms with Crippen LogP contribution in [0.4, 0.5) is 5.69 Å². The molecule has 0 spiro atoms. The van der Waals surface area contributed by atoms with Gasteiger partial charge in [0, 0.05) is 12.1 Å². The Morgan fingerprint density at radius 2 is 1.96 bits per heavy atom. The van der Waals surface area contributed by atoms with Crippen LogP contribution in [0, 0.1) is 10.1 Å². The van der Waals surface area contributed by atoms with Gasteiger partial charge < -0.3 is 9.84 Å². The number of non-ortho nitro benzene ring substituents is 1. The van der Waals surface area contributed by atoms with Crippen molar-refractivity contribution in [3.8, 4) is 11.5 Å². The highest BCUT2D eigenvalue weighted by molar-refractivity contribution is 5.83. The van der Waals surface area contributed by atoms with E-state index >= 15 is 0 Å². The molecule has 0 bridgehead atoms. The summed E-state index contributed by atoms with van der Waals surface area (Å²) >= 11 is 0. The monoisotopic (exact) mass is 315 g/mol. The number of carbonyl (C=O) groups excluding carboxylic acids is 1. The number of phenolic OH excluding ortho intramolecular Hbond substituents is 1. The van der Waals surface area contributed by atoms with Crippen LogP contribution in [-0.2, 0) is 4.79 Å². The van der Waals surface area contributed by atoms with Gasteiger partial charge in [-0.15, -0.1) is 0 Å². The van der Waals surface area contributed by atoms with Crippen molar-refractivity contribution >= 4 is 17.8 Å².